The van der Waals surface area contributed by atoms with Crippen molar-refractivity contribution in [2.75, 3.05) is 11.6 Å². The maximum atomic E-state index is 12.3. The lowest BCUT2D eigenvalue weighted by atomic mass is 10.3. The van der Waals surface area contributed by atoms with Gasteiger partial charge >= 0.3 is 6.36 Å². The maximum Gasteiger partial charge on any atom is 0.573 e. The van der Waals surface area contributed by atoms with Gasteiger partial charge in [-0.3, -0.25) is 0 Å². The fraction of sp³-hybridized carbons (Fsp3) is 0.278. The highest BCUT2D eigenvalue weighted by Gasteiger charge is 2.31. The van der Waals surface area contributed by atoms with Crippen LogP contribution in [0.3, 0.4) is 0 Å². The van der Waals surface area contributed by atoms with Crippen LogP contribution in [0.2, 0.25) is 0 Å². The number of halogens is 3. The van der Waals surface area contributed by atoms with E-state index < -0.39 is 6.36 Å². The zero-order valence-corrected chi connectivity index (χ0v) is 13.9. The first kappa shape index (κ1) is 16.7. The summed E-state index contributed by atoms with van der Waals surface area (Å²) in [6.45, 7) is 2.72. The molecular weight excluding hydrogens is 347 g/mol. The topological polar surface area (TPSA) is 39.5 Å². The van der Waals surface area contributed by atoms with Gasteiger partial charge in [0.2, 0.25) is 0 Å². The van der Waals surface area contributed by atoms with Gasteiger partial charge in [0.15, 0.2) is 0 Å². The first-order chi connectivity index (χ1) is 12.4. The standard InChI is InChI=1S/C18H16F3N3O2/c1-12-17-22-15-4-2-3-5-16(15)24(17)10-23(11-25-12)13-6-8-14(9-7-13)26-18(19,20)21/h2-9,12H,10-11H2,1H3/t12-/m0/s1. The molecule has 1 aliphatic heterocycles. The van der Waals surface area contributed by atoms with Crippen molar-refractivity contribution in [1.82, 2.24) is 9.55 Å². The van der Waals surface area contributed by atoms with E-state index in [1.54, 1.807) is 12.1 Å². The lowest BCUT2D eigenvalue weighted by molar-refractivity contribution is -0.274. The van der Waals surface area contributed by atoms with Crippen LogP contribution in [-0.4, -0.2) is 22.6 Å². The van der Waals surface area contributed by atoms with Crippen molar-refractivity contribution in [3.05, 3.63) is 54.4 Å². The normalized spacial score (nSPS) is 17.8. The van der Waals surface area contributed by atoms with E-state index in [-0.39, 0.29) is 11.9 Å². The molecule has 0 saturated carbocycles. The molecule has 2 aromatic carbocycles. The van der Waals surface area contributed by atoms with Crippen LogP contribution in [-0.2, 0) is 11.4 Å². The van der Waals surface area contributed by atoms with Gasteiger partial charge < -0.3 is 18.9 Å². The molecule has 8 heteroatoms. The summed E-state index contributed by atoms with van der Waals surface area (Å²) in [6.07, 6.45) is -4.90. The molecule has 1 atom stereocenters. The van der Waals surface area contributed by atoms with Crippen LogP contribution in [0.25, 0.3) is 11.0 Å². The molecule has 0 radical (unpaired) electrons. The van der Waals surface area contributed by atoms with Crippen LogP contribution in [0, 0.1) is 0 Å². The van der Waals surface area contributed by atoms with Crippen LogP contribution in [0.15, 0.2) is 48.5 Å². The number of nitrogens with zero attached hydrogens (tertiary/aromatic N) is 3. The van der Waals surface area contributed by atoms with E-state index in [0.29, 0.717) is 13.4 Å². The molecule has 0 N–H and O–H groups in total. The molecule has 0 aliphatic carbocycles. The molecule has 3 aromatic rings. The lowest BCUT2D eigenvalue weighted by Crippen LogP contribution is -2.26. The Hall–Kier alpha value is -2.74. The molecule has 136 valence electrons. The van der Waals surface area contributed by atoms with Gasteiger partial charge in [0, 0.05) is 5.69 Å². The third kappa shape index (κ3) is 3.20. The van der Waals surface area contributed by atoms with E-state index >= 15 is 0 Å². The first-order valence-electron chi connectivity index (χ1n) is 8.08. The molecule has 0 bridgehead atoms. The van der Waals surface area contributed by atoms with Gasteiger partial charge in [0.25, 0.3) is 0 Å². The zero-order valence-electron chi connectivity index (χ0n) is 13.9. The number of hydrogen-bond acceptors (Lipinski definition) is 4. The molecular formula is C18H16F3N3O2. The molecule has 0 spiro atoms. The Bertz CT molecular complexity index is 922. The minimum absolute atomic E-state index is 0.194. The second-order valence-electron chi connectivity index (χ2n) is 6.05. The minimum Gasteiger partial charge on any atom is -0.406 e. The van der Waals surface area contributed by atoms with E-state index in [1.165, 1.54) is 12.1 Å². The van der Waals surface area contributed by atoms with E-state index in [9.17, 15) is 13.2 Å². The summed E-state index contributed by atoms with van der Waals surface area (Å²) < 4.78 is 48.8. The van der Waals surface area contributed by atoms with Crippen LogP contribution < -0.4 is 9.64 Å². The Balaban J connectivity index is 1.64. The van der Waals surface area contributed by atoms with Crippen molar-refractivity contribution < 1.29 is 22.6 Å². The fourth-order valence-electron chi connectivity index (χ4n) is 3.06. The smallest absolute Gasteiger partial charge is 0.406 e. The summed E-state index contributed by atoms with van der Waals surface area (Å²) >= 11 is 0. The fourth-order valence-corrected chi connectivity index (χ4v) is 3.06. The number of fused-ring (bicyclic) bond motifs is 3. The number of rotatable bonds is 2. The van der Waals surface area contributed by atoms with Crippen molar-refractivity contribution >= 4 is 16.7 Å². The number of imidazole rings is 1. The Morgan fingerprint density at radius 2 is 1.85 bits per heavy atom. The summed E-state index contributed by atoms with van der Waals surface area (Å²) in [5, 5.41) is 0. The molecule has 0 unspecified atom stereocenters. The predicted octanol–water partition coefficient (Wildman–Crippen LogP) is 4.45. The van der Waals surface area contributed by atoms with Gasteiger partial charge in [-0.2, -0.15) is 0 Å². The molecule has 5 nitrogen and oxygen atoms in total. The number of anilines is 1. The Morgan fingerprint density at radius 1 is 1.12 bits per heavy atom. The Morgan fingerprint density at radius 3 is 2.58 bits per heavy atom. The molecule has 2 heterocycles. The summed E-state index contributed by atoms with van der Waals surface area (Å²) in [4.78, 5) is 6.57. The van der Waals surface area contributed by atoms with Gasteiger partial charge in [-0.15, -0.1) is 13.2 Å². The van der Waals surface area contributed by atoms with E-state index in [4.69, 9.17) is 4.74 Å². The summed E-state index contributed by atoms with van der Waals surface area (Å²) in [6, 6.07) is 13.6. The van der Waals surface area contributed by atoms with Crippen LogP contribution in [0.1, 0.15) is 18.9 Å². The number of hydrogen-bond donors (Lipinski definition) is 0. The maximum absolute atomic E-state index is 12.3. The van der Waals surface area contributed by atoms with Crippen molar-refractivity contribution in [2.24, 2.45) is 0 Å². The number of alkyl halides is 3. The molecule has 1 aliphatic rings. The number of para-hydroxylation sites is 2. The number of aromatic nitrogens is 2. The van der Waals surface area contributed by atoms with Gasteiger partial charge in [0.1, 0.15) is 24.4 Å². The first-order valence-corrected chi connectivity index (χ1v) is 8.08. The average molecular weight is 363 g/mol. The van der Waals surface area contributed by atoms with Gasteiger partial charge in [0.05, 0.1) is 17.7 Å². The Kier molecular flexibility index (Phi) is 3.99. The second-order valence-corrected chi connectivity index (χ2v) is 6.05. The highest BCUT2D eigenvalue weighted by molar-refractivity contribution is 5.76. The SMILES string of the molecule is C[C@@H]1OCN(c2ccc(OC(F)(F)F)cc2)Cn2c1nc1ccccc12. The molecule has 0 fully saturated rings. The Labute approximate surface area is 147 Å². The van der Waals surface area contributed by atoms with Gasteiger partial charge in [-0.1, -0.05) is 12.1 Å². The predicted molar refractivity (Wildman–Crippen MR) is 89.7 cm³/mol. The average Bonchev–Trinajstić information content (AvgIpc) is 2.88. The van der Waals surface area contributed by atoms with Crippen LogP contribution >= 0.6 is 0 Å². The van der Waals surface area contributed by atoms with Crippen LogP contribution in [0.4, 0.5) is 18.9 Å². The van der Waals surface area contributed by atoms with Gasteiger partial charge in [-0.05, 0) is 43.3 Å². The molecule has 4 rings (SSSR count). The highest BCUT2D eigenvalue weighted by Crippen LogP contribution is 2.30. The van der Waals surface area contributed by atoms with E-state index in [2.05, 4.69) is 14.3 Å². The number of benzene rings is 2. The van der Waals surface area contributed by atoms with Crippen molar-refractivity contribution in [3.63, 3.8) is 0 Å². The van der Waals surface area contributed by atoms with Crippen molar-refractivity contribution in [3.8, 4) is 5.75 Å². The third-order valence-electron chi connectivity index (χ3n) is 4.28. The summed E-state index contributed by atoms with van der Waals surface area (Å²) in [5.41, 5.74) is 2.60. The van der Waals surface area contributed by atoms with Crippen molar-refractivity contribution in [1.29, 1.82) is 0 Å². The zero-order chi connectivity index (χ0) is 18.3. The molecule has 0 amide bonds. The number of ether oxygens (including phenoxy) is 2. The second kappa shape index (κ2) is 6.21. The van der Waals surface area contributed by atoms with Crippen LogP contribution in [0.5, 0.6) is 5.75 Å². The molecule has 0 saturated heterocycles. The molecule has 26 heavy (non-hydrogen) atoms. The van der Waals surface area contributed by atoms with Crippen molar-refractivity contribution in [2.45, 2.75) is 26.1 Å². The lowest BCUT2D eigenvalue weighted by Gasteiger charge is -2.23. The third-order valence-corrected chi connectivity index (χ3v) is 4.28. The summed E-state index contributed by atoms with van der Waals surface area (Å²) in [5.74, 6) is 0.574. The largest absolute Gasteiger partial charge is 0.573 e. The quantitative estimate of drug-likeness (QED) is 0.675. The molecule has 1 aromatic heterocycles. The highest BCUT2D eigenvalue weighted by atomic mass is 19.4. The van der Waals surface area contributed by atoms with E-state index in [1.807, 2.05) is 36.1 Å². The minimum atomic E-state index is -4.70. The van der Waals surface area contributed by atoms with Gasteiger partial charge in [-0.25, -0.2) is 4.98 Å². The summed E-state index contributed by atoms with van der Waals surface area (Å²) in [7, 11) is 0. The van der Waals surface area contributed by atoms with E-state index in [0.717, 1.165) is 22.5 Å². The monoisotopic (exact) mass is 363 g/mol.